The zero-order valence-electron chi connectivity index (χ0n) is 10.6. The molecule has 20 heavy (non-hydrogen) atoms. The van der Waals surface area contributed by atoms with Gasteiger partial charge in [-0.3, -0.25) is 0 Å². The van der Waals surface area contributed by atoms with Crippen LogP contribution in [0.4, 0.5) is 13.2 Å². The third-order valence-corrected chi connectivity index (χ3v) is 2.77. The molecule has 104 valence electrons. The Morgan fingerprint density at radius 1 is 1.35 bits per heavy atom. The van der Waals surface area contributed by atoms with E-state index in [9.17, 15) is 13.2 Å². The van der Waals surface area contributed by atoms with Crippen molar-refractivity contribution in [1.82, 2.24) is 15.0 Å². The van der Waals surface area contributed by atoms with E-state index >= 15 is 0 Å². The summed E-state index contributed by atoms with van der Waals surface area (Å²) in [4.78, 5) is 0. The van der Waals surface area contributed by atoms with Gasteiger partial charge in [0.15, 0.2) is 5.69 Å². The van der Waals surface area contributed by atoms with E-state index in [0.29, 0.717) is 12.1 Å². The summed E-state index contributed by atoms with van der Waals surface area (Å²) in [5, 5.41) is 16.4. The minimum Gasteiger partial charge on any atom is -0.216 e. The third kappa shape index (κ3) is 2.64. The van der Waals surface area contributed by atoms with E-state index in [1.807, 2.05) is 13.0 Å². The minimum atomic E-state index is -4.42. The molecule has 0 radical (unpaired) electrons. The third-order valence-electron chi connectivity index (χ3n) is 2.77. The number of hydrogen-bond acceptors (Lipinski definition) is 3. The van der Waals surface area contributed by atoms with Crippen LogP contribution in [0.3, 0.4) is 0 Å². The molecule has 1 heterocycles. The summed E-state index contributed by atoms with van der Waals surface area (Å²) in [6.07, 6.45) is -3.16. The summed E-state index contributed by atoms with van der Waals surface area (Å²) < 4.78 is 39.4. The van der Waals surface area contributed by atoms with Gasteiger partial charge in [0.1, 0.15) is 6.07 Å². The molecule has 0 aliphatic carbocycles. The van der Waals surface area contributed by atoms with Crippen molar-refractivity contribution in [1.29, 1.82) is 5.26 Å². The molecule has 7 heteroatoms. The van der Waals surface area contributed by atoms with Crippen LogP contribution in [0.25, 0.3) is 5.69 Å². The van der Waals surface area contributed by atoms with Crippen molar-refractivity contribution < 1.29 is 13.2 Å². The van der Waals surface area contributed by atoms with Gasteiger partial charge in [-0.1, -0.05) is 24.6 Å². The summed E-state index contributed by atoms with van der Waals surface area (Å²) in [5.41, 5.74) is 0.155. The van der Waals surface area contributed by atoms with Gasteiger partial charge in [-0.15, -0.1) is 5.10 Å². The molecule has 0 fully saturated rings. The normalized spacial score (nSPS) is 11.3. The second-order valence-corrected chi connectivity index (χ2v) is 4.21. The molecule has 0 saturated heterocycles. The molecular weight excluding hydrogens is 269 g/mol. The molecule has 2 rings (SSSR count). The highest BCUT2D eigenvalue weighted by Crippen LogP contribution is 2.30. The standard InChI is InChI=1S/C13H11F3N4/c1-2-4-12-11(8-17)18-19-20(12)10-6-3-5-9(7-10)13(14,15)16/h3,5-7H,2,4H2,1H3. The number of halogens is 3. The fourth-order valence-corrected chi connectivity index (χ4v) is 1.87. The topological polar surface area (TPSA) is 54.5 Å². The predicted molar refractivity (Wildman–Crippen MR) is 65.1 cm³/mol. The average Bonchev–Trinajstić information content (AvgIpc) is 2.81. The van der Waals surface area contributed by atoms with Crippen LogP contribution in [0.5, 0.6) is 0 Å². The van der Waals surface area contributed by atoms with Crippen molar-refractivity contribution in [3.63, 3.8) is 0 Å². The number of alkyl halides is 3. The first-order chi connectivity index (χ1) is 9.47. The van der Waals surface area contributed by atoms with E-state index in [-0.39, 0.29) is 11.4 Å². The van der Waals surface area contributed by atoms with E-state index in [2.05, 4.69) is 10.3 Å². The minimum absolute atomic E-state index is 0.143. The van der Waals surface area contributed by atoms with Gasteiger partial charge in [0, 0.05) is 0 Å². The second kappa shape index (κ2) is 5.33. The van der Waals surface area contributed by atoms with Crippen LogP contribution < -0.4 is 0 Å². The summed E-state index contributed by atoms with van der Waals surface area (Å²) in [5.74, 6) is 0. The second-order valence-electron chi connectivity index (χ2n) is 4.21. The van der Waals surface area contributed by atoms with E-state index in [1.54, 1.807) is 0 Å². The monoisotopic (exact) mass is 280 g/mol. The van der Waals surface area contributed by atoms with Crippen molar-refractivity contribution in [3.05, 3.63) is 41.2 Å². The lowest BCUT2D eigenvalue weighted by molar-refractivity contribution is -0.137. The molecule has 2 aromatic rings. The highest BCUT2D eigenvalue weighted by atomic mass is 19.4. The van der Waals surface area contributed by atoms with Crippen LogP contribution in [-0.4, -0.2) is 15.0 Å². The van der Waals surface area contributed by atoms with Crippen LogP contribution >= 0.6 is 0 Å². The summed E-state index contributed by atoms with van der Waals surface area (Å²) in [6, 6.07) is 6.70. The fourth-order valence-electron chi connectivity index (χ4n) is 1.87. The Labute approximate surface area is 113 Å². The van der Waals surface area contributed by atoms with E-state index in [0.717, 1.165) is 18.6 Å². The van der Waals surface area contributed by atoms with Gasteiger partial charge < -0.3 is 0 Å². The van der Waals surface area contributed by atoms with Gasteiger partial charge in [-0.05, 0) is 24.6 Å². The van der Waals surface area contributed by atoms with Gasteiger partial charge in [-0.2, -0.15) is 18.4 Å². The Bertz CT molecular complexity index is 652. The highest BCUT2D eigenvalue weighted by Gasteiger charge is 2.30. The van der Waals surface area contributed by atoms with E-state index in [1.165, 1.54) is 16.8 Å². The van der Waals surface area contributed by atoms with Crippen LogP contribution in [0.15, 0.2) is 24.3 Å². The molecule has 0 unspecified atom stereocenters. The SMILES string of the molecule is CCCc1c(C#N)nnn1-c1cccc(C(F)(F)F)c1. The summed E-state index contributed by atoms with van der Waals surface area (Å²) in [7, 11) is 0. The van der Waals surface area contributed by atoms with Crippen LogP contribution in [0.2, 0.25) is 0 Å². The zero-order chi connectivity index (χ0) is 14.8. The molecule has 4 nitrogen and oxygen atoms in total. The van der Waals surface area contributed by atoms with E-state index < -0.39 is 11.7 Å². The van der Waals surface area contributed by atoms with Gasteiger partial charge in [0.25, 0.3) is 0 Å². The fraction of sp³-hybridized carbons (Fsp3) is 0.308. The molecular formula is C13H11F3N4. The average molecular weight is 280 g/mol. The van der Waals surface area contributed by atoms with Gasteiger partial charge in [0.05, 0.1) is 16.9 Å². The Hall–Kier alpha value is -2.36. The lowest BCUT2D eigenvalue weighted by Crippen LogP contribution is -2.08. The molecule has 1 aromatic carbocycles. The van der Waals surface area contributed by atoms with Crippen molar-refractivity contribution in [3.8, 4) is 11.8 Å². The molecule has 1 aromatic heterocycles. The highest BCUT2D eigenvalue weighted by molar-refractivity contribution is 5.40. The number of benzene rings is 1. The van der Waals surface area contributed by atoms with Gasteiger partial charge >= 0.3 is 6.18 Å². The van der Waals surface area contributed by atoms with Crippen LogP contribution in [-0.2, 0) is 12.6 Å². The molecule has 0 N–H and O–H groups in total. The maximum atomic E-state index is 12.7. The zero-order valence-corrected chi connectivity index (χ0v) is 10.6. The van der Waals surface area contributed by atoms with E-state index in [4.69, 9.17) is 5.26 Å². The lowest BCUT2D eigenvalue weighted by atomic mass is 10.1. The van der Waals surface area contributed by atoms with Gasteiger partial charge in [-0.25, -0.2) is 4.68 Å². The Morgan fingerprint density at radius 3 is 2.70 bits per heavy atom. The molecule has 0 aliphatic rings. The number of rotatable bonds is 3. The Balaban J connectivity index is 2.52. The molecule has 0 bridgehead atoms. The maximum Gasteiger partial charge on any atom is 0.416 e. The Morgan fingerprint density at radius 2 is 2.10 bits per heavy atom. The molecule has 0 saturated carbocycles. The molecule has 0 atom stereocenters. The molecule has 0 aliphatic heterocycles. The van der Waals surface area contributed by atoms with Crippen LogP contribution in [0.1, 0.15) is 30.3 Å². The quantitative estimate of drug-likeness (QED) is 0.868. The number of hydrogen-bond donors (Lipinski definition) is 0. The number of nitrogens with zero attached hydrogens (tertiary/aromatic N) is 4. The van der Waals surface area contributed by atoms with Gasteiger partial charge in [0.2, 0.25) is 0 Å². The first-order valence-corrected chi connectivity index (χ1v) is 5.99. The lowest BCUT2D eigenvalue weighted by Gasteiger charge is -2.10. The summed E-state index contributed by atoms with van der Waals surface area (Å²) in [6.45, 7) is 1.91. The van der Waals surface area contributed by atoms with Crippen molar-refractivity contribution >= 4 is 0 Å². The van der Waals surface area contributed by atoms with Crippen molar-refractivity contribution in [2.24, 2.45) is 0 Å². The van der Waals surface area contributed by atoms with Crippen molar-refractivity contribution in [2.45, 2.75) is 25.9 Å². The first kappa shape index (κ1) is 14.1. The Kier molecular flexibility index (Phi) is 3.74. The first-order valence-electron chi connectivity index (χ1n) is 5.99. The smallest absolute Gasteiger partial charge is 0.216 e. The van der Waals surface area contributed by atoms with Crippen molar-refractivity contribution in [2.75, 3.05) is 0 Å². The number of nitriles is 1. The largest absolute Gasteiger partial charge is 0.416 e. The number of aromatic nitrogens is 3. The summed E-state index contributed by atoms with van der Waals surface area (Å²) >= 11 is 0. The molecule has 0 amide bonds. The predicted octanol–water partition coefficient (Wildman–Crippen LogP) is 3.11. The molecule has 0 spiro atoms. The van der Waals surface area contributed by atoms with Crippen LogP contribution in [0, 0.1) is 11.3 Å². The maximum absolute atomic E-state index is 12.7.